The number of nitrogens with one attached hydrogen (secondary N) is 1. The molecule has 0 radical (unpaired) electrons. The smallest absolute Gasteiger partial charge is 0.242 e. The Hall–Kier alpha value is -1.39. The number of hydrogen-bond donors (Lipinski definition) is 2. The Morgan fingerprint density at radius 1 is 1.30 bits per heavy atom. The lowest BCUT2D eigenvalue weighted by molar-refractivity contribution is -0.130. The van der Waals surface area contributed by atoms with Crippen molar-refractivity contribution >= 4 is 5.91 Å². The normalized spacial score (nSPS) is 19.5. The van der Waals surface area contributed by atoms with E-state index in [2.05, 4.69) is 41.4 Å². The molecule has 1 saturated heterocycles. The largest absolute Gasteiger partial charge is 0.368 e. The number of amides is 1. The minimum Gasteiger partial charge on any atom is -0.368 e. The zero-order chi connectivity index (χ0) is 14.6. The maximum absolute atomic E-state index is 12.1. The van der Waals surface area contributed by atoms with E-state index < -0.39 is 5.54 Å². The summed E-state index contributed by atoms with van der Waals surface area (Å²) in [4.78, 5) is 14.3. The SMILES string of the molecule is CCCc1ccc(C(C)(C(N)=O)N2CCNCC2)cc1. The first-order valence-corrected chi connectivity index (χ1v) is 7.44. The van der Waals surface area contributed by atoms with Gasteiger partial charge in [-0.1, -0.05) is 37.6 Å². The monoisotopic (exact) mass is 275 g/mol. The lowest BCUT2D eigenvalue weighted by Gasteiger charge is -2.41. The molecular weight excluding hydrogens is 250 g/mol. The van der Waals surface area contributed by atoms with Gasteiger partial charge in [-0.2, -0.15) is 0 Å². The molecule has 1 aromatic rings. The first-order chi connectivity index (χ1) is 9.59. The molecule has 3 N–H and O–H groups in total. The van der Waals surface area contributed by atoms with E-state index in [-0.39, 0.29) is 5.91 Å². The van der Waals surface area contributed by atoms with Gasteiger partial charge in [0.2, 0.25) is 5.91 Å². The lowest BCUT2D eigenvalue weighted by atomic mass is 9.87. The van der Waals surface area contributed by atoms with Gasteiger partial charge in [-0.3, -0.25) is 9.69 Å². The van der Waals surface area contributed by atoms with Crippen LogP contribution in [0.4, 0.5) is 0 Å². The van der Waals surface area contributed by atoms with E-state index in [1.54, 1.807) is 0 Å². The third kappa shape index (κ3) is 2.86. The summed E-state index contributed by atoms with van der Waals surface area (Å²) >= 11 is 0. The summed E-state index contributed by atoms with van der Waals surface area (Å²) in [6, 6.07) is 8.33. The van der Waals surface area contributed by atoms with Crippen molar-refractivity contribution < 1.29 is 4.79 Å². The Kier molecular flexibility index (Phi) is 4.78. The quantitative estimate of drug-likeness (QED) is 0.850. The van der Waals surface area contributed by atoms with Crippen LogP contribution in [0, 0.1) is 0 Å². The number of hydrogen-bond acceptors (Lipinski definition) is 3. The molecule has 1 unspecified atom stereocenters. The molecule has 110 valence electrons. The highest BCUT2D eigenvalue weighted by Gasteiger charge is 2.39. The average Bonchev–Trinajstić information content (AvgIpc) is 2.48. The van der Waals surface area contributed by atoms with Gasteiger partial charge in [-0.25, -0.2) is 0 Å². The molecule has 1 fully saturated rings. The molecule has 1 aromatic carbocycles. The van der Waals surface area contributed by atoms with E-state index in [1.165, 1.54) is 5.56 Å². The number of nitrogens with zero attached hydrogens (tertiary/aromatic N) is 1. The molecule has 20 heavy (non-hydrogen) atoms. The summed E-state index contributed by atoms with van der Waals surface area (Å²) in [7, 11) is 0. The summed E-state index contributed by atoms with van der Waals surface area (Å²) in [5.41, 5.74) is 7.32. The van der Waals surface area contributed by atoms with Crippen LogP contribution >= 0.6 is 0 Å². The molecule has 2 rings (SSSR count). The first kappa shape index (κ1) is 15.0. The highest BCUT2D eigenvalue weighted by Crippen LogP contribution is 2.28. The Morgan fingerprint density at radius 3 is 2.40 bits per heavy atom. The summed E-state index contributed by atoms with van der Waals surface area (Å²) in [5, 5.41) is 3.31. The van der Waals surface area contributed by atoms with Crippen LogP contribution in [0.25, 0.3) is 0 Å². The fraction of sp³-hybridized carbons (Fsp3) is 0.562. The van der Waals surface area contributed by atoms with Gasteiger partial charge in [0.05, 0.1) is 0 Å². The zero-order valence-electron chi connectivity index (χ0n) is 12.5. The van der Waals surface area contributed by atoms with Gasteiger partial charge in [-0.05, 0) is 24.5 Å². The third-order valence-corrected chi connectivity index (χ3v) is 4.28. The predicted octanol–water partition coefficient (Wildman–Crippen LogP) is 1.24. The Labute approximate surface area is 121 Å². The van der Waals surface area contributed by atoms with Crippen molar-refractivity contribution in [3.8, 4) is 0 Å². The van der Waals surface area contributed by atoms with Crippen LogP contribution < -0.4 is 11.1 Å². The standard InChI is InChI=1S/C16H25N3O/c1-3-4-13-5-7-14(8-6-13)16(2,15(17)20)19-11-9-18-10-12-19/h5-8,18H,3-4,9-12H2,1-2H3,(H2,17,20). The third-order valence-electron chi connectivity index (χ3n) is 4.28. The average molecular weight is 275 g/mol. The van der Waals surface area contributed by atoms with E-state index in [9.17, 15) is 4.79 Å². The van der Waals surface area contributed by atoms with Gasteiger partial charge in [-0.15, -0.1) is 0 Å². The molecule has 1 aliphatic rings. The van der Waals surface area contributed by atoms with Crippen molar-refractivity contribution in [2.24, 2.45) is 5.73 Å². The fourth-order valence-corrected chi connectivity index (χ4v) is 2.88. The van der Waals surface area contributed by atoms with E-state index >= 15 is 0 Å². The van der Waals surface area contributed by atoms with Gasteiger partial charge in [0.1, 0.15) is 5.54 Å². The minimum atomic E-state index is -0.715. The topological polar surface area (TPSA) is 58.4 Å². The second kappa shape index (κ2) is 6.37. The van der Waals surface area contributed by atoms with E-state index in [0.29, 0.717) is 0 Å². The lowest BCUT2D eigenvalue weighted by Crippen LogP contribution is -2.58. The number of rotatable bonds is 5. The molecule has 4 nitrogen and oxygen atoms in total. The van der Waals surface area contributed by atoms with Crippen LogP contribution in [0.2, 0.25) is 0 Å². The van der Waals surface area contributed by atoms with Crippen LogP contribution in [-0.2, 0) is 16.8 Å². The van der Waals surface area contributed by atoms with Crippen molar-refractivity contribution in [2.75, 3.05) is 26.2 Å². The number of primary amides is 1. The highest BCUT2D eigenvalue weighted by atomic mass is 16.1. The van der Waals surface area contributed by atoms with E-state index in [0.717, 1.165) is 44.6 Å². The van der Waals surface area contributed by atoms with Crippen molar-refractivity contribution in [2.45, 2.75) is 32.2 Å². The molecule has 0 bridgehead atoms. The zero-order valence-corrected chi connectivity index (χ0v) is 12.5. The Morgan fingerprint density at radius 2 is 1.90 bits per heavy atom. The van der Waals surface area contributed by atoms with Gasteiger partial charge in [0.25, 0.3) is 0 Å². The summed E-state index contributed by atoms with van der Waals surface area (Å²) in [6.45, 7) is 7.59. The Bertz CT molecular complexity index is 451. The number of carbonyl (C=O) groups is 1. The van der Waals surface area contributed by atoms with Gasteiger partial charge in [0.15, 0.2) is 0 Å². The number of piperazine rings is 1. The van der Waals surface area contributed by atoms with Crippen LogP contribution in [0.3, 0.4) is 0 Å². The van der Waals surface area contributed by atoms with Crippen molar-refractivity contribution in [3.05, 3.63) is 35.4 Å². The molecule has 1 amide bonds. The maximum Gasteiger partial charge on any atom is 0.242 e. The van der Waals surface area contributed by atoms with Crippen LogP contribution in [0.15, 0.2) is 24.3 Å². The molecule has 1 heterocycles. The second-order valence-electron chi connectivity index (χ2n) is 5.62. The summed E-state index contributed by atoms with van der Waals surface area (Å²) < 4.78 is 0. The molecular formula is C16H25N3O. The van der Waals surface area contributed by atoms with Gasteiger partial charge in [0, 0.05) is 26.2 Å². The van der Waals surface area contributed by atoms with Gasteiger partial charge >= 0.3 is 0 Å². The maximum atomic E-state index is 12.1. The predicted molar refractivity (Wildman–Crippen MR) is 81.4 cm³/mol. The molecule has 0 aromatic heterocycles. The molecule has 0 saturated carbocycles. The number of aryl methyl sites for hydroxylation is 1. The number of nitrogens with two attached hydrogens (primary N) is 1. The highest BCUT2D eigenvalue weighted by molar-refractivity contribution is 5.85. The molecule has 0 spiro atoms. The van der Waals surface area contributed by atoms with E-state index in [1.807, 2.05) is 6.92 Å². The van der Waals surface area contributed by atoms with Crippen molar-refractivity contribution in [1.82, 2.24) is 10.2 Å². The summed E-state index contributed by atoms with van der Waals surface area (Å²) in [5.74, 6) is -0.275. The fourth-order valence-electron chi connectivity index (χ4n) is 2.88. The van der Waals surface area contributed by atoms with Crippen LogP contribution in [0.1, 0.15) is 31.4 Å². The van der Waals surface area contributed by atoms with Crippen LogP contribution in [0.5, 0.6) is 0 Å². The molecule has 1 aliphatic heterocycles. The van der Waals surface area contributed by atoms with Crippen LogP contribution in [-0.4, -0.2) is 37.0 Å². The molecule has 4 heteroatoms. The molecule has 1 atom stereocenters. The van der Waals surface area contributed by atoms with E-state index in [4.69, 9.17) is 5.73 Å². The number of carbonyl (C=O) groups excluding carboxylic acids is 1. The second-order valence-corrected chi connectivity index (χ2v) is 5.62. The first-order valence-electron chi connectivity index (χ1n) is 7.44. The van der Waals surface area contributed by atoms with Crippen molar-refractivity contribution in [3.63, 3.8) is 0 Å². The summed E-state index contributed by atoms with van der Waals surface area (Å²) in [6.07, 6.45) is 2.20. The minimum absolute atomic E-state index is 0.275. The number of benzene rings is 1. The Balaban J connectivity index is 2.29. The van der Waals surface area contributed by atoms with Gasteiger partial charge < -0.3 is 11.1 Å². The molecule has 0 aliphatic carbocycles. The van der Waals surface area contributed by atoms with Crippen molar-refractivity contribution in [1.29, 1.82) is 0 Å².